The number of anilines is 1. The standard InChI is InChI=1S/C21H27N5O3/c1-15-13-16(2)26(23-15)18-6-3-5-17(14-18)22-21(28)25-10-8-24(9-11-25)20(27)19-7-4-12-29-19/h3,5-6,13-14,19H,4,7-12H2,1-2H3,(H,22,28). The molecule has 0 aliphatic carbocycles. The molecule has 0 radical (unpaired) electrons. The fraction of sp³-hybridized carbons (Fsp3) is 0.476. The van der Waals surface area contributed by atoms with Gasteiger partial charge < -0.3 is 19.9 Å². The Morgan fingerprint density at radius 1 is 1.10 bits per heavy atom. The third-order valence-electron chi connectivity index (χ3n) is 5.44. The lowest BCUT2D eigenvalue weighted by molar-refractivity contribution is -0.142. The normalized spacial score (nSPS) is 19.4. The number of hydrogen-bond acceptors (Lipinski definition) is 4. The van der Waals surface area contributed by atoms with Crippen molar-refractivity contribution in [1.29, 1.82) is 0 Å². The van der Waals surface area contributed by atoms with E-state index in [0.717, 1.165) is 35.6 Å². The number of urea groups is 1. The number of aromatic nitrogens is 2. The summed E-state index contributed by atoms with van der Waals surface area (Å²) >= 11 is 0. The lowest BCUT2D eigenvalue weighted by Crippen LogP contribution is -2.53. The number of aryl methyl sites for hydroxylation is 2. The number of rotatable bonds is 3. The Hall–Kier alpha value is -2.87. The minimum absolute atomic E-state index is 0.0557. The highest BCUT2D eigenvalue weighted by molar-refractivity contribution is 5.90. The SMILES string of the molecule is Cc1cc(C)n(-c2cccc(NC(=O)N3CCN(C(=O)C4CCCO4)CC3)c2)n1. The molecule has 1 unspecified atom stereocenters. The summed E-state index contributed by atoms with van der Waals surface area (Å²) in [5.41, 5.74) is 3.61. The van der Waals surface area contributed by atoms with Gasteiger partial charge in [-0.3, -0.25) is 4.79 Å². The summed E-state index contributed by atoms with van der Waals surface area (Å²) in [6.45, 7) is 6.73. The molecular weight excluding hydrogens is 370 g/mol. The second-order valence-electron chi connectivity index (χ2n) is 7.63. The van der Waals surface area contributed by atoms with Crippen molar-refractivity contribution in [3.63, 3.8) is 0 Å². The van der Waals surface area contributed by atoms with Crippen molar-refractivity contribution in [3.05, 3.63) is 41.7 Å². The van der Waals surface area contributed by atoms with Crippen molar-refractivity contribution >= 4 is 17.6 Å². The maximum Gasteiger partial charge on any atom is 0.321 e. The number of carbonyl (C=O) groups excluding carboxylic acids is 2. The van der Waals surface area contributed by atoms with Crippen LogP contribution in [0.5, 0.6) is 0 Å². The monoisotopic (exact) mass is 397 g/mol. The van der Waals surface area contributed by atoms with E-state index in [4.69, 9.17) is 4.74 Å². The molecule has 3 heterocycles. The van der Waals surface area contributed by atoms with Crippen molar-refractivity contribution in [2.24, 2.45) is 0 Å². The Labute approximate surface area is 170 Å². The number of carbonyl (C=O) groups is 2. The van der Waals surface area contributed by atoms with E-state index in [0.29, 0.717) is 32.8 Å². The van der Waals surface area contributed by atoms with Crippen molar-refractivity contribution in [1.82, 2.24) is 19.6 Å². The molecule has 1 atom stereocenters. The molecule has 8 heteroatoms. The zero-order valence-corrected chi connectivity index (χ0v) is 16.9. The van der Waals surface area contributed by atoms with E-state index in [1.54, 1.807) is 4.90 Å². The first-order chi connectivity index (χ1) is 14.0. The molecule has 1 aromatic heterocycles. The fourth-order valence-electron chi connectivity index (χ4n) is 3.91. The van der Waals surface area contributed by atoms with E-state index < -0.39 is 0 Å². The van der Waals surface area contributed by atoms with Crippen LogP contribution in [0.15, 0.2) is 30.3 Å². The molecule has 154 valence electrons. The van der Waals surface area contributed by atoms with E-state index in [9.17, 15) is 9.59 Å². The highest BCUT2D eigenvalue weighted by Gasteiger charge is 2.31. The molecule has 2 aliphatic rings. The third-order valence-corrected chi connectivity index (χ3v) is 5.44. The van der Waals surface area contributed by atoms with Gasteiger partial charge in [-0.2, -0.15) is 5.10 Å². The molecule has 3 amide bonds. The van der Waals surface area contributed by atoms with Gasteiger partial charge in [-0.05, 0) is 51.0 Å². The van der Waals surface area contributed by atoms with Gasteiger partial charge in [0.25, 0.3) is 5.91 Å². The average Bonchev–Trinajstić information content (AvgIpc) is 3.37. The second kappa shape index (κ2) is 8.24. The van der Waals surface area contributed by atoms with E-state index in [1.807, 2.05) is 53.8 Å². The molecule has 2 fully saturated rings. The summed E-state index contributed by atoms with van der Waals surface area (Å²) in [5, 5.41) is 7.46. The smallest absolute Gasteiger partial charge is 0.321 e. The summed E-state index contributed by atoms with van der Waals surface area (Å²) in [6, 6.07) is 9.51. The summed E-state index contributed by atoms with van der Waals surface area (Å²) in [7, 11) is 0. The van der Waals surface area contributed by atoms with E-state index >= 15 is 0 Å². The molecule has 29 heavy (non-hydrogen) atoms. The zero-order chi connectivity index (χ0) is 20.4. The average molecular weight is 397 g/mol. The number of nitrogens with one attached hydrogen (secondary N) is 1. The van der Waals surface area contributed by atoms with Crippen LogP contribution in [0, 0.1) is 13.8 Å². The maximum absolute atomic E-state index is 12.7. The zero-order valence-electron chi connectivity index (χ0n) is 16.9. The van der Waals surface area contributed by atoms with E-state index in [-0.39, 0.29) is 18.0 Å². The summed E-state index contributed by atoms with van der Waals surface area (Å²) in [6.07, 6.45) is 1.44. The maximum atomic E-state index is 12.7. The van der Waals surface area contributed by atoms with Gasteiger partial charge in [-0.15, -0.1) is 0 Å². The molecule has 2 aliphatic heterocycles. The van der Waals surface area contributed by atoms with Crippen molar-refractivity contribution in [3.8, 4) is 5.69 Å². The summed E-state index contributed by atoms with van der Waals surface area (Å²) in [5.74, 6) is 0.0557. The van der Waals surface area contributed by atoms with Crippen molar-refractivity contribution in [2.45, 2.75) is 32.8 Å². The van der Waals surface area contributed by atoms with Gasteiger partial charge in [0.15, 0.2) is 0 Å². The number of piperazine rings is 1. The Morgan fingerprint density at radius 3 is 2.52 bits per heavy atom. The lowest BCUT2D eigenvalue weighted by atomic mass is 10.2. The van der Waals surface area contributed by atoms with Gasteiger partial charge in [0, 0.05) is 44.2 Å². The molecular formula is C21H27N5O3. The number of ether oxygens (including phenoxy) is 1. The molecule has 0 saturated carbocycles. The molecule has 1 aromatic carbocycles. The first-order valence-corrected chi connectivity index (χ1v) is 10.1. The fourth-order valence-corrected chi connectivity index (χ4v) is 3.91. The summed E-state index contributed by atoms with van der Waals surface area (Å²) in [4.78, 5) is 28.7. The highest BCUT2D eigenvalue weighted by Crippen LogP contribution is 2.19. The number of hydrogen-bond donors (Lipinski definition) is 1. The first kappa shape index (κ1) is 19.4. The largest absolute Gasteiger partial charge is 0.368 e. The third kappa shape index (κ3) is 4.27. The van der Waals surface area contributed by atoms with Crippen LogP contribution in [0.1, 0.15) is 24.2 Å². The molecule has 8 nitrogen and oxygen atoms in total. The van der Waals surface area contributed by atoms with Crippen LogP contribution in [-0.2, 0) is 9.53 Å². The molecule has 2 aromatic rings. The highest BCUT2D eigenvalue weighted by atomic mass is 16.5. The van der Waals surface area contributed by atoms with Gasteiger partial charge in [-0.1, -0.05) is 6.07 Å². The van der Waals surface area contributed by atoms with E-state index in [1.165, 1.54) is 0 Å². The topological polar surface area (TPSA) is 79.7 Å². The number of amides is 3. The van der Waals surface area contributed by atoms with Gasteiger partial charge >= 0.3 is 6.03 Å². The van der Waals surface area contributed by atoms with E-state index in [2.05, 4.69) is 10.4 Å². The lowest BCUT2D eigenvalue weighted by Gasteiger charge is -2.35. The Balaban J connectivity index is 1.35. The first-order valence-electron chi connectivity index (χ1n) is 10.1. The number of benzene rings is 1. The van der Waals surface area contributed by atoms with Crippen LogP contribution in [0.25, 0.3) is 5.69 Å². The Morgan fingerprint density at radius 2 is 1.86 bits per heavy atom. The molecule has 0 spiro atoms. The van der Waals surface area contributed by atoms with Gasteiger partial charge in [0.2, 0.25) is 0 Å². The molecule has 4 rings (SSSR count). The van der Waals surface area contributed by atoms with Crippen LogP contribution >= 0.6 is 0 Å². The van der Waals surface area contributed by atoms with Crippen LogP contribution in [0.4, 0.5) is 10.5 Å². The minimum atomic E-state index is -0.299. The molecule has 0 bridgehead atoms. The molecule has 1 N–H and O–H groups in total. The quantitative estimate of drug-likeness (QED) is 0.862. The minimum Gasteiger partial charge on any atom is -0.368 e. The second-order valence-corrected chi connectivity index (χ2v) is 7.63. The van der Waals surface area contributed by atoms with Crippen LogP contribution < -0.4 is 5.32 Å². The van der Waals surface area contributed by atoms with Crippen molar-refractivity contribution in [2.75, 3.05) is 38.1 Å². The van der Waals surface area contributed by atoms with Crippen LogP contribution in [-0.4, -0.2) is 70.4 Å². The molecule has 2 saturated heterocycles. The van der Waals surface area contributed by atoms with Crippen molar-refractivity contribution < 1.29 is 14.3 Å². The predicted molar refractivity (Wildman–Crippen MR) is 109 cm³/mol. The Kier molecular flexibility index (Phi) is 5.53. The Bertz CT molecular complexity index is 895. The van der Waals surface area contributed by atoms with Gasteiger partial charge in [-0.25, -0.2) is 9.48 Å². The van der Waals surface area contributed by atoms with Gasteiger partial charge in [0.05, 0.1) is 11.4 Å². The van der Waals surface area contributed by atoms with Crippen LogP contribution in [0.3, 0.4) is 0 Å². The number of nitrogens with zero attached hydrogens (tertiary/aromatic N) is 4. The van der Waals surface area contributed by atoms with Crippen LogP contribution in [0.2, 0.25) is 0 Å². The van der Waals surface area contributed by atoms with Gasteiger partial charge in [0.1, 0.15) is 6.10 Å². The summed E-state index contributed by atoms with van der Waals surface area (Å²) < 4.78 is 7.35. The predicted octanol–water partition coefficient (Wildman–Crippen LogP) is 2.34.